The van der Waals surface area contributed by atoms with Crippen molar-refractivity contribution in [2.75, 3.05) is 45.3 Å². The van der Waals surface area contributed by atoms with Crippen LogP contribution in [0.2, 0.25) is 0 Å². The maximum atomic E-state index is 11.8. The summed E-state index contributed by atoms with van der Waals surface area (Å²) in [5.74, 6) is 1.10. The molecule has 0 saturated carbocycles. The summed E-state index contributed by atoms with van der Waals surface area (Å²) in [6, 6.07) is 7.45. The fraction of sp³-hybridized carbons (Fsp3) is 0.667. The molecule has 0 heterocycles. The lowest BCUT2D eigenvalue weighted by atomic mass is 9.88. The van der Waals surface area contributed by atoms with Gasteiger partial charge < -0.3 is 19.8 Å². The molecule has 0 bridgehead atoms. The Morgan fingerprint density at radius 1 is 0.938 bits per heavy atom. The zero-order valence-corrected chi connectivity index (χ0v) is 20.2. The predicted octanol–water partition coefficient (Wildman–Crippen LogP) is 2.93. The zero-order chi connectivity index (χ0) is 23.1. The van der Waals surface area contributed by atoms with Gasteiger partial charge in [0.15, 0.2) is 0 Å². The maximum absolute atomic E-state index is 11.8. The molecule has 1 aromatic rings. The minimum atomic E-state index is 0.112. The number of rotatable bonds is 21. The number of thiol groups is 1. The van der Waals surface area contributed by atoms with E-state index in [0.29, 0.717) is 45.9 Å². The highest BCUT2D eigenvalue weighted by molar-refractivity contribution is 7.80. The molecule has 0 spiro atoms. The summed E-state index contributed by atoms with van der Waals surface area (Å²) in [5, 5.41) is 11.8. The van der Waals surface area contributed by atoms with Gasteiger partial charge in [-0.15, -0.1) is 0 Å². The lowest BCUT2D eigenvalue weighted by molar-refractivity contribution is -0.121. The molecule has 1 amide bonds. The van der Waals surface area contributed by atoms with Gasteiger partial charge in [0.25, 0.3) is 0 Å². The molecule has 8 heteroatoms. The van der Waals surface area contributed by atoms with Crippen LogP contribution in [-0.4, -0.2) is 69.9 Å². The number of carbonyl (C=O) groups excluding carboxylic acids is 1. The second-order valence-electron chi connectivity index (χ2n) is 7.71. The van der Waals surface area contributed by atoms with E-state index in [4.69, 9.17) is 14.5 Å². The van der Waals surface area contributed by atoms with Crippen LogP contribution in [0.4, 0.5) is 0 Å². The monoisotopic (exact) mass is 463 g/mol. The summed E-state index contributed by atoms with van der Waals surface area (Å²) in [6.07, 6.45) is 12.1. The summed E-state index contributed by atoms with van der Waals surface area (Å²) in [7, 11) is 1.07. The van der Waals surface area contributed by atoms with E-state index in [0.717, 1.165) is 37.1 Å². The van der Waals surface area contributed by atoms with E-state index in [1.165, 1.54) is 38.5 Å². The summed E-state index contributed by atoms with van der Waals surface area (Å²) >= 11 is 4.22. The van der Waals surface area contributed by atoms with Crippen molar-refractivity contribution >= 4 is 37.7 Å². The van der Waals surface area contributed by atoms with Crippen LogP contribution in [-0.2, 0) is 14.3 Å². The van der Waals surface area contributed by atoms with E-state index in [9.17, 15) is 4.79 Å². The highest BCUT2D eigenvalue weighted by Crippen LogP contribution is 2.09. The predicted molar refractivity (Wildman–Crippen MR) is 137 cm³/mol. The standard InChI is InChI=1S/C24H40BN2O4S/c28-24(9-7-5-3-1-2-4-6-8-20-32)27-15-17-31-19-18-30-16-14-26-21-22-10-12-23(25-29)13-11-22/h10-13,21,29,32H,1-9,14-20H2,(H,27,28). The molecule has 1 aromatic carbocycles. The molecule has 0 atom stereocenters. The number of nitrogens with zero attached hydrogens (tertiary/aromatic N) is 1. The molecule has 2 N–H and O–H groups in total. The SMILES string of the molecule is O=C(CCCCCCCCCCS)NCCOCCOCCN=Cc1ccc([B]O)cc1. The maximum Gasteiger partial charge on any atom is 0.326 e. The Morgan fingerprint density at radius 3 is 2.22 bits per heavy atom. The second-order valence-corrected chi connectivity index (χ2v) is 8.15. The van der Waals surface area contributed by atoms with Gasteiger partial charge in [0.1, 0.15) is 0 Å². The quantitative estimate of drug-likeness (QED) is 0.113. The average molecular weight is 463 g/mol. The first-order chi connectivity index (χ1) is 15.8. The molecule has 0 saturated heterocycles. The van der Waals surface area contributed by atoms with Crippen molar-refractivity contribution in [2.45, 2.75) is 57.8 Å². The highest BCUT2D eigenvalue weighted by Gasteiger charge is 2.00. The van der Waals surface area contributed by atoms with E-state index in [1.807, 2.05) is 24.3 Å². The van der Waals surface area contributed by atoms with Crippen molar-refractivity contribution in [2.24, 2.45) is 4.99 Å². The van der Waals surface area contributed by atoms with E-state index >= 15 is 0 Å². The zero-order valence-electron chi connectivity index (χ0n) is 19.3. The third kappa shape index (κ3) is 17.2. The van der Waals surface area contributed by atoms with E-state index < -0.39 is 0 Å². The van der Waals surface area contributed by atoms with E-state index in [1.54, 1.807) is 6.21 Å². The molecule has 0 aromatic heterocycles. The van der Waals surface area contributed by atoms with Gasteiger partial charge in [0, 0.05) is 19.2 Å². The Bertz CT molecular complexity index is 602. The lowest BCUT2D eigenvalue weighted by Crippen LogP contribution is -2.27. The second kappa shape index (κ2) is 21.5. The Balaban J connectivity index is 1.82. The van der Waals surface area contributed by atoms with Crippen LogP contribution in [0.3, 0.4) is 0 Å². The van der Waals surface area contributed by atoms with Gasteiger partial charge in [-0.2, -0.15) is 12.6 Å². The molecule has 179 valence electrons. The van der Waals surface area contributed by atoms with Gasteiger partial charge in [0.2, 0.25) is 5.91 Å². The van der Waals surface area contributed by atoms with Crippen molar-refractivity contribution in [1.29, 1.82) is 0 Å². The molecule has 1 radical (unpaired) electrons. The van der Waals surface area contributed by atoms with Gasteiger partial charge in [0.05, 0.1) is 33.0 Å². The van der Waals surface area contributed by atoms with Crippen LogP contribution in [0.1, 0.15) is 63.4 Å². The van der Waals surface area contributed by atoms with Crippen LogP contribution < -0.4 is 10.8 Å². The molecule has 32 heavy (non-hydrogen) atoms. The van der Waals surface area contributed by atoms with Crippen LogP contribution in [0, 0.1) is 0 Å². The lowest BCUT2D eigenvalue weighted by Gasteiger charge is -2.07. The molecule has 0 aliphatic rings. The van der Waals surface area contributed by atoms with Crippen molar-refractivity contribution in [3.05, 3.63) is 29.8 Å². The molecule has 0 fully saturated rings. The normalized spacial score (nSPS) is 11.2. The number of aliphatic imine (C=N–C) groups is 1. The largest absolute Gasteiger partial charge is 0.450 e. The molecule has 0 aliphatic carbocycles. The van der Waals surface area contributed by atoms with Crippen LogP contribution in [0.25, 0.3) is 0 Å². The van der Waals surface area contributed by atoms with Crippen LogP contribution in [0.15, 0.2) is 29.3 Å². The Morgan fingerprint density at radius 2 is 1.56 bits per heavy atom. The van der Waals surface area contributed by atoms with Gasteiger partial charge in [-0.05, 0) is 24.2 Å². The summed E-state index contributed by atoms with van der Waals surface area (Å²) in [4.78, 5) is 16.1. The third-order valence-electron chi connectivity index (χ3n) is 4.94. The number of ether oxygens (including phenoxy) is 2. The number of carbonyl (C=O) groups is 1. The van der Waals surface area contributed by atoms with Crippen molar-refractivity contribution in [3.8, 4) is 0 Å². The van der Waals surface area contributed by atoms with Gasteiger partial charge in [-0.3, -0.25) is 9.79 Å². The Hall–Kier alpha value is -1.35. The van der Waals surface area contributed by atoms with Crippen LogP contribution in [0.5, 0.6) is 0 Å². The van der Waals surface area contributed by atoms with Crippen molar-refractivity contribution in [3.63, 3.8) is 0 Å². The number of benzene rings is 1. The first-order valence-electron chi connectivity index (χ1n) is 11.9. The van der Waals surface area contributed by atoms with Gasteiger partial charge in [-0.1, -0.05) is 68.3 Å². The minimum Gasteiger partial charge on any atom is -0.450 e. The van der Waals surface area contributed by atoms with Gasteiger partial charge in [-0.25, -0.2) is 0 Å². The Kier molecular flexibility index (Phi) is 19.3. The van der Waals surface area contributed by atoms with E-state index in [2.05, 4.69) is 22.9 Å². The molecule has 0 unspecified atom stereocenters. The summed E-state index contributed by atoms with van der Waals surface area (Å²) < 4.78 is 11.0. The smallest absolute Gasteiger partial charge is 0.326 e. The molecular formula is C24H40BN2O4S. The number of hydrogen-bond acceptors (Lipinski definition) is 6. The average Bonchev–Trinajstić information content (AvgIpc) is 2.81. The fourth-order valence-corrected chi connectivity index (χ4v) is 3.31. The molecule has 0 aliphatic heterocycles. The van der Waals surface area contributed by atoms with Crippen LogP contribution >= 0.6 is 12.6 Å². The number of amides is 1. The number of unbranched alkanes of at least 4 members (excludes halogenated alkanes) is 7. The van der Waals surface area contributed by atoms with Crippen molar-refractivity contribution in [1.82, 2.24) is 5.32 Å². The van der Waals surface area contributed by atoms with E-state index in [-0.39, 0.29) is 5.91 Å². The number of hydrogen-bond donors (Lipinski definition) is 3. The first kappa shape index (κ1) is 28.7. The summed E-state index contributed by atoms with van der Waals surface area (Å²) in [6.45, 7) is 3.18. The van der Waals surface area contributed by atoms with Gasteiger partial charge >= 0.3 is 7.48 Å². The molecule has 1 rings (SSSR count). The fourth-order valence-electron chi connectivity index (χ4n) is 3.09. The highest BCUT2D eigenvalue weighted by atomic mass is 32.1. The van der Waals surface area contributed by atoms with Crippen molar-refractivity contribution < 1.29 is 19.3 Å². The third-order valence-corrected chi connectivity index (χ3v) is 5.26. The molecule has 6 nitrogen and oxygen atoms in total. The molecular weight excluding hydrogens is 423 g/mol. The first-order valence-corrected chi connectivity index (χ1v) is 12.5. The summed E-state index contributed by atoms with van der Waals surface area (Å²) in [5.41, 5.74) is 1.75. The topological polar surface area (TPSA) is 80.2 Å². The number of nitrogens with one attached hydrogen (secondary N) is 1. The minimum absolute atomic E-state index is 0.112. The Labute approximate surface area is 200 Å².